The number of carbonyl (C=O) groups excluding carboxylic acids is 1. The Morgan fingerprint density at radius 1 is 1.16 bits per heavy atom. The first kappa shape index (κ1) is 16.7. The molecule has 0 aliphatic carbocycles. The van der Waals surface area contributed by atoms with E-state index in [1.54, 1.807) is 31.2 Å². The molecule has 7 nitrogen and oxygen atoms in total. The van der Waals surface area contributed by atoms with Crippen molar-refractivity contribution in [1.82, 2.24) is 10.2 Å². The number of rotatable bonds is 6. The van der Waals surface area contributed by atoms with Crippen molar-refractivity contribution < 1.29 is 13.9 Å². The number of ether oxygens (including phenoxy) is 1. The third kappa shape index (κ3) is 3.84. The third-order valence-electron chi connectivity index (χ3n) is 3.53. The maximum Gasteiger partial charge on any atom is 0.340 e. The number of esters is 1. The molecular weight excluding hydrogens is 320 g/mol. The Bertz CT molecular complexity index is 859. The van der Waals surface area contributed by atoms with Gasteiger partial charge in [0.2, 0.25) is 5.89 Å². The summed E-state index contributed by atoms with van der Waals surface area (Å²) in [4.78, 5) is 12.0. The zero-order valence-corrected chi connectivity index (χ0v) is 13.7. The van der Waals surface area contributed by atoms with Gasteiger partial charge in [0.15, 0.2) is 0 Å². The number of anilines is 2. The van der Waals surface area contributed by atoms with Crippen LogP contribution in [0.4, 0.5) is 11.7 Å². The van der Waals surface area contributed by atoms with Gasteiger partial charge in [0.1, 0.15) is 0 Å². The molecule has 2 aromatic carbocycles. The molecule has 0 amide bonds. The first-order valence-corrected chi connectivity index (χ1v) is 7.87. The predicted molar refractivity (Wildman–Crippen MR) is 93.3 cm³/mol. The number of nitrogens with two attached hydrogens (primary N) is 1. The number of benzene rings is 2. The molecule has 128 valence electrons. The van der Waals surface area contributed by atoms with Crippen LogP contribution in [0.1, 0.15) is 22.8 Å². The monoisotopic (exact) mass is 338 g/mol. The highest BCUT2D eigenvalue weighted by Gasteiger charge is 2.15. The van der Waals surface area contributed by atoms with Gasteiger partial charge in [-0.25, -0.2) is 4.79 Å². The lowest BCUT2D eigenvalue weighted by Gasteiger charge is -2.08. The van der Waals surface area contributed by atoms with Crippen LogP contribution in [0.2, 0.25) is 0 Å². The fraction of sp³-hybridized carbons (Fsp3) is 0.167. The standard InChI is InChI=1S/C18H18N4O3/c1-2-24-17(23)14-5-3-4-6-15(14)20-18-22-21-16(25-18)13-9-7-12(11-19)8-10-13/h3-10H,2,11,19H2,1H3,(H,20,22). The summed E-state index contributed by atoms with van der Waals surface area (Å²) in [6, 6.07) is 14.7. The van der Waals surface area contributed by atoms with E-state index in [2.05, 4.69) is 15.5 Å². The minimum atomic E-state index is -0.414. The highest BCUT2D eigenvalue weighted by Crippen LogP contribution is 2.24. The summed E-state index contributed by atoms with van der Waals surface area (Å²) in [5.41, 5.74) is 8.33. The lowest BCUT2D eigenvalue weighted by Crippen LogP contribution is -2.07. The summed E-state index contributed by atoms with van der Waals surface area (Å²) < 4.78 is 10.7. The van der Waals surface area contributed by atoms with Gasteiger partial charge >= 0.3 is 12.0 Å². The molecule has 7 heteroatoms. The number of hydrogen-bond acceptors (Lipinski definition) is 7. The van der Waals surface area contributed by atoms with Crippen LogP contribution in [-0.2, 0) is 11.3 Å². The quantitative estimate of drug-likeness (QED) is 0.665. The van der Waals surface area contributed by atoms with Crippen LogP contribution in [0.3, 0.4) is 0 Å². The Hall–Kier alpha value is -3.19. The van der Waals surface area contributed by atoms with E-state index in [1.807, 2.05) is 24.3 Å². The van der Waals surface area contributed by atoms with Crippen molar-refractivity contribution in [2.45, 2.75) is 13.5 Å². The molecule has 3 aromatic rings. The van der Waals surface area contributed by atoms with Gasteiger partial charge in [-0.05, 0) is 36.8 Å². The highest BCUT2D eigenvalue weighted by atomic mass is 16.5. The lowest BCUT2D eigenvalue weighted by atomic mass is 10.1. The zero-order chi connectivity index (χ0) is 17.6. The molecule has 3 N–H and O–H groups in total. The SMILES string of the molecule is CCOC(=O)c1ccccc1Nc1nnc(-c2ccc(CN)cc2)o1. The number of nitrogens with one attached hydrogen (secondary N) is 1. The zero-order valence-electron chi connectivity index (χ0n) is 13.7. The Labute approximate surface area is 144 Å². The average Bonchev–Trinajstić information content (AvgIpc) is 3.11. The summed E-state index contributed by atoms with van der Waals surface area (Å²) in [5, 5.41) is 11.0. The molecule has 0 fully saturated rings. The summed E-state index contributed by atoms with van der Waals surface area (Å²) in [5.74, 6) is -0.0394. The van der Waals surface area contributed by atoms with E-state index in [4.69, 9.17) is 14.9 Å². The molecule has 0 saturated heterocycles. The van der Waals surface area contributed by atoms with E-state index < -0.39 is 5.97 Å². The molecule has 0 spiro atoms. The molecule has 1 aromatic heterocycles. The van der Waals surface area contributed by atoms with Crippen molar-refractivity contribution in [3.05, 3.63) is 59.7 Å². The van der Waals surface area contributed by atoms with E-state index >= 15 is 0 Å². The van der Waals surface area contributed by atoms with Crippen LogP contribution in [0.5, 0.6) is 0 Å². The predicted octanol–water partition coefficient (Wildman–Crippen LogP) is 3.12. The second kappa shape index (κ2) is 7.59. The summed E-state index contributed by atoms with van der Waals surface area (Å²) in [6.07, 6.45) is 0. The number of nitrogens with zero attached hydrogens (tertiary/aromatic N) is 2. The van der Waals surface area contributed by atoms with Crippen molar-refractivity contribution in [2.24, 2.45) is 5.73 Å². The normalized spacial score (nSPS) is 10.5. The second-order valence-electron chi connectivity index (χ2n) is 5.20. The van der Waals surface area contributed by atoms with E-state index in [0.29, 0.717) is 30.3 Å². The molecule has 0 bridgehead atoms. The molecule has 1 heterocycles. The molecule has 0 atom stereocenters. The number of carbonyl (C=O) groups is 1. The van der Waals surface area contributed by atoms with Crippen LogP contribution < -0.4 is 11.1 Å². The molecule has 0 unspecified atom stereocenters. The van der Waals surface area contributed by atoms with Crippen molar-refractivity contribution in [3.63, 3.8) is 0 Å². The number of aromatic nitrogens is 2. The molecule has 0 aliphatic rings. The Morgan fingerprint density at radius 3 is 2.64 bits per heavy atom. The highest BCUT2D eigenvalue weighted by molar-refractivity contribution is 5.96. The Kier molecular flexibility index (Phi) is 5.06. The van der Waals surface area contributed by atoms with Gasteiger partial charge in [0.05, 0.1) is 17.9 Å². The Balaban J connectivity index is 1.81. The van der Waals surface area contributed by atoms with E-state index in [9.17, 15) is 4.79 Å². The fourth-order valence-electron chi connectivity index (χ4n) is 2.27. The average molecular weight is 338 g/mol. The minimum Gasteiger partial charge on any atom is -0.462 e. The first-order chi connectivity index (χ1) is 12.2. The van der Waals surface area contributed by atoms with Gasteiger partial charge in [-0.1, -0.05) is 29.4 Å². The van der Waals surface area contributed by atoms with Crippen LogP contribution in [0, 0.1) is 0 Å². The lowest BCUT2D eigenvalue weighted by molar-refractivity contribution is 0.0527. The van der Waals surface area contributed by atoms with Crippen LogP contribution in [0.25, 0.3) is 11.5 Å². The molecule has 0 saturated carbocycles. The largest absolute Gasteiger partial charge is 0.462 e. The van der Waals surface area contributed by atoms with Crippen LogP contribution >= 0.6 is 0 Å². The van der Waals surface area contributed by atoms with Gasteiger partial charge in [-0.2, -0.15) is 0 Å². The number of hydrogen-bond donors (Lipinski definition) is 2. The molecule has 3 rings (SSSR count). The smallest absolute Gasteiger partial charge is 0.340 e. The van der Waals surface area contributed by atoms with Crippen molar-refractivity contribution in [1.29, 1.82) is 0 Å². The van der Waals surface area contributed by atoms with Crippen LogP contribution in [-0.4, -0.2) is 22.8 Å². The maximum absolute atomic E-state index is 12.0. The Morgan fingerprint density at radius 2 is 1.92 bits per heavy atom. The summed E-state index contributed by atoms with van der Waals surface area (Å²) in [7, 11) is 0. The second-order valence-corrected chi connectivity index (χ2v) is 5.20. The van der Waals surface area contributed by atoms with Crippen molar-refractivity contribution >= 4 is 17.7 Å². The van der Waals surface area contributed by atoms with Crippen molar-refractivity contribution in [2.75, 3.05) is 11.9 Å². The minimum absolute atomic E-state index is 0.189. The molecule has 0 aliphatic heterocycles. The summed E-state index contributed by atoms with van der Waals surface area (Å²) in [6.45, 7) is 2.53. The van der Waals surface area contributed by atoms with Crippen molar-refractivity contribution in [3.8, 4) is 11.5 Å². The van der Waals surface area contributed by atoms with Gasteiger partial charge < -0.3 is 20.2 Å². The van der Waals surface area contributed by atoms with Gasteiger partial charge in [0.25, 0.3) is 0 Å². The number of para-hydroxylation sites is 1. The van der Waals surface area contributed by atoms with Gasteiger partial charge in [-0.15, -0.1) is 5.10 Å². The summed E-state index contributed by atoms with van der Waals surface area (Å²) >= 11 is 0. The van der Waals surface area contributed by atoms with E-state index in [0.717, 1.165) is 11.1 Å². The molecular formula is C18H18N4O3. The maximum atomic E-state index is 12.0. The van der Waals surface area contributed by atoms with Gasteiger partial charge in [-0.3, -0.25) is 0 Å². The fourth-order valence-corrected chi connectivity index (χ4v) is 2.27. The van der Waals surface area contributed by atoms with Gasteiger partial charge in [0, 0.05) is 12.1 Å². The molecule has 25 heavy (non-hydrogen) atoms. The third-order valence-corrected chi connectivity index (χ3v) is 3.53. The van der Waals surface area contributed by atoms with E-state index in [-0.39, 0.29) is 6.01 Å². The topological polar surface area (TPSA) is 103 Å². The van der Waals surface area contributed by atoms with Crippen LogP contribution in [0.15, 0.2) is 52.9 Å². The molecule has 0 radical (unpaired) electrons. The first-order valence-electron chi connectivity index (χ1n) is 7.87. The van der Waals surface area contributed by atoms with E-state index in [1.165, 1.54) is 0 Å².